The lowest BCUT2D eigenvalue weighted by atomic mass is 10.2. The number of carbonyl (C=O) groups is 3. The normalized spacial score (nSPS) is 19.4. The Morgan fingerprint density at radius 3 is 2.88 bits per heavy atom. The van der Waals surface area contributed by atoms with Gasteiger partial charge in [-0.25, -0.2) is 4.79 Å². The molecule has 2 aromatic heterocycles. The Labute approximate surface area is 153 Å². The molecule has 0 spiro atoms. The van der Waals surface area contributed by atoms with Gasteiger partial charge >= 0.3 is 5.97 Å². The second-order valence-corrected chi connectivity index (χ2v) is 6.74. The van der Waals surface area contributed by atoms with E-state index in [9.17, 15) is 14.4 Å². The number of nitrogens with one attached hydrogen (secondary N) is 1. The Kier molecular flexibility index (Phi) is 5.31. The van der Waals surface area contributed by atoms with Crippen LogP contribution in [0.25, 0.3) is 0 Å². The molecule has 0 bridgehead atoms. The minimum atomic E-state index is -0.783. The maximum atomic E-state index is 12.4. The SMILES string of the molecule is CC(=O)N1[C@H](C(=O)OCC(=O)Nc2cc(C)on2)CS[C@H]1c1ccco1. The van der Waals surface area contributed by atoms with E-state index in [1.807, 2.05) is 0 Å². The summed E-state index contributed by atoms with van der Waals surface area (Å²) in [6.45, 7) is 2.58. The van der Waals surface area contributed by atoms with Crippen molar-refractivity contribution in [1.29, 1.82) is 0 Å². The Bertz CT molecular complexity index is 803. The quantitative estimate of drug-likeness (QED) is 0.781. The number of aromatic nitrogens is 1. The molecule has 2 aromatic rings. The molecule has 2 amide bonds. The van der Waals surface area contributed by atoms with E-state index in [1.54, 1.807) is 25.1 Å². The zero-order valence-corrected chi connectivity index (χ0v) is 14.9. The van der Waals surface area contributed by atoms with E-state index in [0.29, 0.717) is 17.3 Å². The molecule has 3 heterocycles. The zero-order valence-electron chi connectivity index (χ0n) is 14.1. The van der Waals surface area contributed by atoms with Crippen LogP contribution in [0, 0.1) is 6.92 Å². The van der Waals surface area contributed by atoms with Gasteiger partial charge in [0, 0.05) is 18.7 Å². The van der Waals surface area contributed by atoms with E-state index in [4.69, 9.17) is 13.7 Å². The van der Waals surface area contributed by atoms with Crippen molar-refractivity contribution >= 4 is 35.4 Å². The summed E-state index contributed by atoms with van der Waals surface area (Å²) in [6, 6.07) is 4.22. The van der Waals surface area contributed by atoms with E-state index in [0.717, 1.165) is 0 Å². The molecule has 9 nitrogen and oxygen atoms in total. The van der Waals surface area contributed by atoms with Crippen molar-refractivity contribution in [2.75, 3.05) is 17.7 Å². The molecule has 0 saturated carbocycles. The molecule has 2 atom stereocenters. The summed E-state index contributed by atoms with van der Waals surface area (Å²) in [5.41, 5.74) is 0. The highest BCUT2D eigenvalue weighted by Gasteiger charge is 2.43. The lowest BCUT2D eigenvalue weighted by molar-refractivity contribution is -0.155. The average Bonchev–Trinajstić information content (AvgIpc) is 3.32. The van der Waals surface area contributed by atoms with E-state index < -0.39 is 29.9 Å². The Morgan fingerprint density at radius 1 is 1.46 bits per heavy atom. The highest BCUT2D eigenvalue weighted by Crippen LogP contribution is 2.41. The van der Waals surface area contributed by atoms with Crippen molar-refractivity contribution in [3.63, 3.8) is 0 Å². The fraction of sp³-hybridized carbons (Fsp3) is 0.375. The molecule has 0 unspecified atom stereocenters. The Morgan fingerprint density at radius 2 is 2.27 bits per heavy atom. The molecule has 1 aliphatic rings. The van der Waals surface area contributed by atoms with E-state index in [-0.39, 0.29) is 11.7 Å². The number of hydrogen-bond donors (Lipinski definition) is 1. The predicted octanol–water partition coefficient (Wildman–Crippen LogP) is 1.72. The van der Waals surface area contributed by atoms with E-state index >= 15 is 0 Å². The number of furan rings is 1. The first-order valence-electron chi connectivity index (χ1n) is 7.79. The van der Waals surface area contributed by atoms with Gasteiger partial charge in [0.2, 0.25) is 5.91 Å². The van der Waals surface area contributed by atoms with Crippen LogP contribution in [0.5, 0.6) is 0 Å². The first kappa shape index (κ1) is 18.1. The number of hydrogen-bond acceptors (Lipinski definition) is 8. The van der Waals surface area contributed by atoms with Gasteiger partial charge in [-0.3, -0.25) is 9.59 Å². The smallest absolute Gasteiger partial charge is 0.330 e. The van der Waals surface area contributed by atoms with Gasteiger partial charge in [0.25, 0.3) is 5.91 Å². The number of ether oxygens (including phenoxy) is 1. The third-order valence-corrected chi connectivity index (χ3v) is 4.95. The largest absolute Gasteiger partial charge is 0.466 e. The number of rotatable bonds is 5. The Hall–Kier alpha value is -2.75. The van der Waals surface area contributed by atoms with Crippen LogP contribution in [-0.4, -0.2) is 46.2 Å². The topological polar surface area (TPSA) is 115 Å². The van der Waals surface area contributed by atoms with Crippen molar-refractivity contribution < 1.29 is 28.1 Å². The summed E-state index contributed by atoms with van der Waals surface area (Å²) < 4.78 is 15.2. The van der Waals surface area contributed by atoms with Crippen molar-refractivity contribution in [2.24, 2.45) is 0 Å². The first-order chi connectivity index (χ1) is 12.5. The number of nitrogens with zero attached hydrogens (tertiary/aromatic N) is 2. The number of anilines is 1. The number of thioether (sulfide) groups is 1. The third-order valence-electron chi connectivity index (χ3n) is 3.66. The van der Waals surface area contributed by atoms with Gasteiger partial charge in [0.05, 0.1) is 6.26 Å². The molecular formula is C16H17N3O6S. The van der Waals surface area contributed by atoms with Crippen LogP contribution < -0.4 is 5.32 Å². The van der Waals surface area contributed by atoms with Gasteiger partial charge < -0.3 is 23.9 Å². The second kappa shape index (κ2) is 7.65. The van der Waals surface area contributed by atoms with Crippen LogP contribution in [0.15, 0.2) is 33.4 Å². The molecule has 0 aliphatic carbocycles. The minimum Gasteiger partial charge on any atom is -0.466 e. The molecule has 0 aromatic carbocycles. The molecule has 26 heavy (non-hydrogen) atoms. The summed E-state index contributed by atoms with van der Waals surface area (Å²) in [6.07, 6.45) is 1.51. The van der Waals surface area contributed by atoms with Gasteiger partial charge in [-0.15, -0.1) is 11.8 Å². The van der Waals surface area contributed by atoms with E-state index in [1.165, 1.54) is 29.8 Å². The predicted molar refractivity (Wildman–Crippen MR) is 91.0 cm³/mol. The molecule has 1 fully saturated rings. The molecule has 10 heteroatoms. The second-order valence-electron chi connectivity index (χ2n) is 5.62. The molecule has 0 radical (unpaired) electrons. The van der Waals surface area contributed by atoms with Gasteiger partial charge in [0.1, 0.15) is 22.9 Å². The van der Waals surface area contributed by atoms with Crippen LogP contribution in [0.2, 0.25) is 0 Å². The standard InChI is InChI=1S/C16H17N3O6S/c1-9-6-13(18-25-9)17-14(21)7-24-16(22)11-8-26-15(19(11)10(2)20)12-4-3-5-23-12/h3-6,11,15H,7-8H2,1-2H3,(H,17,18,21)/t11-,15-/m0/s1. The van der Waals surface area contributed by atoms with Gasteiger partial charge in [-0.05, 0) is 19.1 Å². The average molecular weight is 379 g/mol. The third kappa shape index (κ3) is 3.90. The number of amides is 2. The highest BCUT2D eigenvalue weighted by molar-refractivity contribution is 7.99. The minimum absolute atomic E-state index is 0.239. The summed E-state index contributed by atoms with van der Waals surface area (Å²) in [5, 5.41) is 5.68. The van der Waals surface area contributed by atoms with Crippen molar-refractivity contribution in [3.8, 4) is 0 Å². The molecule has 1 N–H and O–H groups in total. The highest BCUT2D eigenvalue weighted by atomic mass is 32.2. The molecule has 1 saturated heterocycles. The fourth-order valence-electron chi connectivity index (χ4n) is 2.56. The number of aryl methyl sites for hydroxylation is 1. The summed E-state index contributed by atoms with van der Waals surface area (Å²) in [5.74, 6) is 0.251. The summed E-state index contributed by atoms with van der Waals surface area (Å²) in [7, 11) is 0. The van der Waals surface area contributed by atoms with Crippen LogP contribution >= 0.6 is 11.8 Å². The molecule has 138 valence electrons. The lowest BCUT2D eigenvalue weighted by Gasteiger charge is -2.25. The van der Waals surface area contributed by atoms with Crippen molar-refractivity contribution in [2.45, 2.75) is 25.3 Å². The van der Waals surface area contributed by atoms with Crippen LogP contribution in [0.4, 0.5) is 5.82 Å². The maximum Gasteiger partial charge on any atom is 0.330 e. The van der Waals surface area contributed by atoms with Crippen molar-refractivity contribution in [1.82, 2.24) is 10.1 Å². The van der Waals surface area contributed by atoms with E-state index in [2.05, 4.69) is 10.5 Å². The van der Waals surface area contributed by atoms with Gasteiger partial charge in [-0.1, -0.05) is 5.16 Å². The lowest BCUT2D eigenvalue weighted by Crippen LogP contribution is -2.43. The van der Waals surface area contributed by atoms with Crippen LogP contribution in [0.3, 0.4) is 0 Å². The maximum absolute atomic E-state index is 12.4. The summed E-state index contributed by atoms with van der Waals surface area (Å²) >= 11 is 1.40. The van der Waals surface area contributed by atoms with Gasteiger partial charge in [0.15, 0.2) is 12.4 Å². The monoisotopic (exact) mass is 379 g/mol. The molecular weight excluding hydrogens is 362 g/mol. The van der Waals surface area contributed by atoms with Gasteiger partial charge in [-0.2, -0.15) is 0 Å². The zero-order chi connectivity index (χ0) is 18.7. The fourth-order valence-corrected chi connectivity index (χ4v) is 3.98. The Balaban J connectivity index is 1.58. The van der Waals surface area contributed by atoms with Crippen LogP contribution in [-0.2, 0) is 19.1 Å². The number of esters is 1. The molecule has 1 aliphatic heterocycles. The van der Waals surface area contributed by atoms with Crippen molar-refractivity contribution in [3.05, 3.63) is 36.0 Å². The summed E-state index contributed by atoms with van der Waals surface area (Å²) in [4.78, 5) is 37.6. The van der Waals surface area contributed by atoms with Crippen LogP contribution in [0.1, 0.15) is 23.8 Å². The molecule has 3 rings (SSSR count). The number of carbonyl (C=O) groups excluding carboxylic acids is 3. The first-order valence-corrected chi connectivity index (χ1v) is 8.84.